The lowest BCUT2D eigenvalue weighted by atomic mass is 10.2. The Labute approximate surface area is 104 Å². The Balaban J connectivity index is 1.74. The minimum atomic E-state index is 0.979. The summed E-state index contributed by atoms with van der Waals surface area (Å²) in [6, 6.07) is 0. The third-order valence-corrected chi connectivity index (χ3v) is 4.56. The van der Waals surface area contributed by atoms with Gasteiger partial charge in [-0.1, -0.05) is 0 Å². The minimum absolute atomic E-state index is 0.979. The Morgan fingerprint density at radius 2 is 2.19 bits per heavy atom. The van der Waals surface area contributed by atoms with E-state index in [0.717, 1.165) is 19.5 Å². The van der Waals surface area contributed by atoms with Crippen molar-refractivity contribution < 1.29 is 0 Å². The van der Waals surface area contributed by atoms with E-state index in [9.17, 15) is 0 Å². The summed E-state index contributed by atoms with van der Waals surface area (Å²) in [4.78, 5) is 5.65. The van der Waals surface area contributed by atoms with Crippen LogP contribution in [-0.4, -0.2) is 11.5 Å². The molecule has 0 aromatic carbocycles. The van der Waals surface area contributed by atoms with Crippen molar-refractivity contribution in [2.24, 2.45) is 0 Å². The number of thiophene rings is 1. The van der Waals surface area contributed by atoms with E-state index < -0.39 is 0 Å². The van der Waals surface area contributed by atoms with Crippen LogP contribution in [0.15, 0.2) is 16.3 Å². The van der Waals surface area contributed by atoms with Gasteiger partial charge in [0.05, 0.1) is 11.2 Å². The van der Waals surface area contributed by atoms with Crippen LogP contribution in [0, 0.1) is 13.8 Å². The van der Waals surface area contributed by atoms with E-state index in [0.29, 0.717) is 0 Å². The third kappa shape index (κ3) is 2.90. The lowest BCUT2D eigenvalue weighted by molar-refractivity contribution is 0.688. The maximum atomic E-state index is 4.25. The first-order valence-electron chi connectivity index (χ1n) is 5.38. The van der Waals surface area contributed by atoms with Crippen LogP contribution in [0.1, 0.15) is 21.7 Å². The second kappa shape index (κ2) is 5.57. The Morgan fingerprint density at radius 3 is 2.81 bits per heavy atom. The fourth-order valence-electron chi connectivity index (χ4n) is 1.56. The van der Waals surface area contributed by atoms with Crippen LogP contribution in [0.5, 0.6) is 0 Å². The lowest BCUT2D eigenvalue weighted by Gasteiger charge is -2.03. The number of hydrogen-bond acceptors (Lipinski definition) is 4. The molecule has 1 N–H and O–H groups in total. The van der Waals surface area contributed by atoms with Gasteiger partial charge in [-0.2, -0.15) is 11.3 Å². The average Bonchev–Trinajstić information content (AvgIpc) is 2.84. The maximum absolute atomic E-state index is 4.25. The molecule has 2 aromatic rings. The topological polar surface area (TPSA) is 24.9 Å². The predicted octanol–water partition coefficient (Wildman–Crippen LogP) is 3.15. The van der Waals surface area contributed by atoms with Crippen LogP contribution >= 0.6 is 22.7 Å². The first-order valence-corrected chi connectivity index (χ1v) is 7.21. The van der Waals surface area contributed by atoms with E-state index >= 15 is 0 Å². The third-order valence-electron chi connectivity index (χ3n) is 2.65. The summed E-state index contributed by atoms with van der Waals surface area (Å²) in [5.74, 6) is 0. The molecule has 2 rings (SSSR count). The van der Waals surface area contributed by atoms with E-state index in [2.05, 4.69) is 34.9 Å². The van der Waals surface area contributed by atoms with Crippen molar-refractivity contribution in [2.75, 3.05) is 6.54 Å². The molecule has 16 heavy (non-hydrogen) atoms. The van der Waals surface area contributed by atoms with Crippen molar-refractivity contribution in [1.29, 1.82) is 0 Å². The quantitative estimate of drug-likeness (QED) is 0.827. The minimum Gasteiger partial charge on any atom is -0.312 e. The zero-order chi connectivity index (χ0) is 11.4. The van der Waals surface area contributed by atoms with Crippen molar-refractivity contribution in [3.05, 3.63) is 38.0 Å². The molecule has 4 heteroatoms. The van der Waals surface area contributed by atoms with Crippen molar-refractivity contribution >= 4 is 22.7 Å². The van der Waals surface area contributed by atoms with Gasteiger partial charge in [0.1, 0.15) is 0 Å². The number of hydrogen-bond donors (Lipinski definition) is 1. The van der Waals surface area contributed by atoms with Crippen LogP contribution in [-0.2, 0) is 13.0 Å². The number of nitrogens with zero attached hydrogens (tertiary/aromatic N) is 1. The molecule has 2 nitrogen and oxygen atoms in total. The van der Waals surface area contributed by atoms with Gasteiger partial charge < -0.3 is 5.32 Å². The monoisotopic (exact) mass is 252 g/mol. The van der Waals surface area contributed by atoms with Crippen molar-refractivity contribution in [1.82, 2.24) is 10.3 Å². The summed E-state index contributed by atoms with van der Waals surface area (Å²) in [5.41, 5.74) is 5.92. The average molecular weight is 252 g/mol. The summed E-state index contributed by atoms with van der Waals surface area (Å²) < 4.78 is 0. The molecule has 0 unspecified atom stereocenters. The molecule has 0 aliphatic rings. The highest BCUT2D eigenvalue weighted by Gasteiger charge is 2.01. The van der Waals surface area contributed by atoms with Crippen molar-refractivity contribution in [3.63, 3.8) is 0 Å². The van der Waals surface area contributed by atoms with E-state index in [1.165, 1.54) is 21.7 Å². The van der Waals surface area contributed by atoms with Crippen LogP contribution < -0.4 is 5.32 Å². The molecule has 2 heterocycles. The Morgan fingerprint density at radius 1 is 1.31 bits per heavy atom. The molecular formula is C12H16N2S2. The van der Waals surface area contributed by atoms with Crippen LogP contribution in [0.4, 0.5) is 0 Å². The number of aryl methyl sites for hydroxylation is 2. The normalized spacial score (nSPS) is 10.9. The highest BCUT2D eigenvalue weighted by Crippen LogP contribution is 2.14. The van der Waals surface area contributed by atoms with Gasteiger partial charge in [-0.3, -0.25) is 0 Å². The molecule has 0 fully saturated rings. The summed E-state index contributed by atoms with van der Waals surface area (Å²) in [6.45, 7) is 6.25. The number of nitrogens with one attached hydrogen (secondary N) is 1. The molecule has 0 atom stereocenters. The van der Waals surface area contributed by atoms with Crippen LogP contribution in [0.2, 0.25) is 0 Å². The van der Waals surface area contributed by atoms with E-state index in [-0.39, 0.29) is 0 Å². The van der Waals surface area contributed by atoms with Gasteiger partial charge in [0.15, 0.2) is 0 Å². The highest BCUT2D eigenvalue weighted by molar-refractivity contribution is 7.09. The molecule has 2 aromatic heterocycles. The molecule has 0 bridgehead atoms. The van der Waals surface area contributed by atoms with Crippen LogP contribution in [0.25, 0.3) is 0 Å². The second-order valence-corrected chi connectivity index (χ2v) is 5.55. The fraction of sp³-hybridized carbons (Fsp3) is 0.417. The number of rotatable bonds is 5. The summed E-state index contributed by atoms with van der Waals surface area (Å²) >= 11 is 3.53. The van der Waals surface area contributed by atoms with Gasteiger partial charge >= 0.3 is 0 Å². The van der Waals surface area contributed by atoms with Gasteiger partial charge in [-0.25, -0.2) is 4.98 Å². The number of aromatic nitrogens is 1. The van der Waals surface area contributed by atoms with Crippen molar-refractivity contribution in [2.45, 2.75) is 26.8 Å². The molecule has 0 aliphatic carbocycles. The number of thiazole rings is 1. The van der Waals surface area contributed by atoms with Gasteiger partial charge in [-0.05, 0) is 42.2 Å². The van der Waals surface area contributed by atoms with E-state index in [4.69, 9.17) is 0 Å². The molecule has 0 radical (unpaired) electrons. The summed E-state index contributed by atoms with van der Waals surface area (Å²) in [6.07, 6.45) is 1.08. The SMILES string of the molecule is Cc1cscc1CNCCc1scnc1C. The molecular weight excluding hydrogens is 236 g/mol. The standard InChI is InChI=1S/C12H16N2S2/c1-9-6-15-7-11(9)5-13-4-3-12-10(2)14-8-16-12/h6-8,13H,3-5H2,1-2H3. The van der Waals surface area contributed by atoms with Gasteiger partial charge in [0, 0.05) is 18.0 Å². The van der Waals surface area contributed by atoms with E-state index in [1.807, 2.05) is 5.51 Å². The molecule has 0 spiro atoms. The van der Waals surface area contributed by atoms with Crippen LogP contribution in [0.3, 0.4) is 0 Å². The molecule has 0 aliphatic heterocycles. The zero-order valence-corrected chi connectivity index (χ0v) is 11.3. The van der Waals surface area contributed by atoms with Crippen molar-refractivity contribution in [3.8, 4) is 0 Å². The summed E-state index contributed by atoms with van der Waals surface area (Å²) in [7, 11) is 0. The van der Waals surface area contributed by atoms with Gasteiger partial charge in [0.25, 0.3) is 0 Å². The summed E-state index contributed by atoms with van der Waals surface area (Å²) in [5, 5.41) is 7.90. The smallest absolute Gasteiger partial charge is 0.0797 e. The first-order chi connectivity index (χ1) is 7.77. The Kier molecular flexibility index (Phi) is 4.09. The second-order valence-electron chi connectivity index (χ2n) is 3.87. The van der Waals surface area contributed by atoms with E-state index in [1.54, 1.807) is 22.7 Å². The Bertz CT molecular complexity index is 403. The highest BCUT2D eigenvalue weighted by atomic mass is 32.1. The van der Waals surface area contributed by atoms with Gasteiger partial charge in [0.2, 0.25) is 0 Å². The Hall–Kier alpha value is -0.710. The van der Waals surface area contributed by atoms with Gasteiger partial charge in [-0.15, -0.1) is 11.3 Å². The molecule has 0 saturated heterocycles. The molecule has 0 saturated carbocycles. The first kappa shape index (κ1) is 11.8. The lowest BCUT2D eigenvalue weighted by Crippen LogP contribution is -2.16. The fourth-order valence-corrected chi connectivity index (χ4v) is 3.20. The molecule has 0 amide bonds. The zero-order valence-electron chi connectivity index (χ0n) is 9.62. The molecule has 86 valence electrons. The predicted molar refractivity (Wildman–Crippen MR) is 71.3 cm³/mol. The largest absolute Gasteiger partial charge is 0.312 e. The maximum Gasteiger partial charge on any atom is 0.0797 e.